The number of aliphatic hydroxyl groups excluding tert-OH is 1. The molecule has 0 saturated heterocycles. The van der Waals surface area contributed by atoms with Crippen molar-refractivity contribution in [3.05, 3.63) is 36.0 Å². The second-order valence-corrected chi connectivity index (χ2v) is 20.5. The van der Waals surface area contributed by atoms with Crippen LogP contribution in [0.15, 0.2) is 35.5 Å². The van der Waals surface area contributed by atoms with E-state index >= 15 is 0 Å². The van der Waals surface area contributed by atoms with E-state index in [9.17, 15) is 72.5 Å². The molecule has 0 spiro atoms. The van der Waals surface area contributed by atoms with Crippen molar-refractivity contribution in [3.63, 3.8) is 0 Å². The Bertz CT molecular complexity index is 2830. The molecule has 10 atom stereocenters. The predicted molar refractivity (Wildman–Crippen MR) is 311 cm³/mol. The van der Waals surface area contributed by atoms with Crippen LogP contribution in [0.3, 0.4) is 0 Å². The zero-order valence-electron chi connectivity index (χ0n) is 49.2. The van der Waals surface area contributed by atoms with Gasteiger partial charge in [0.05, 0.1) is 25.7 Å². The maximum absolute atomic E-state index is 13.8. The SMILES string of the molecule is CC#CNC(=O)CNC(=O)[C@H](CCCN=C(N)N)NC(=O)[C@H](CO)NC(=O)[C@H](CCC(=O)O)NC(=O)[C@H](CCC(N)=O)NC(=O)CNC(=O)[C@H](C)NC(=O)[C@@H](NC(=O)[C@@H](NC(=O)[C@H](C)NC(=O)[C@@H](N)Cc1c[nH]c2ccccc12)C(C)C)[C@@H](C)CC. The Labute approximate surface area is 496 Å². The molecule has 1 heterocycles. The molecule has 0 aliphatic heterocycles. The molecule has 0 radical (unpaired) electrons. The number of carbonyl (C=O) groups is 13. The van der Waals surface area contributed by atoms with Crippen molar-refractivity contribution in [2.45, 2.75) is 154 Å². The number of hydrogen-bond donors (Lipinski definition) is 18. The van der Waals surface area contributed by atoms with Crippen LogP contribution in [0.1, 0.15) is 99.0 Å². The number of nitrogens with two attached hydrogens (primary N) is 4. The third-order valence-corrected chi connectivity index (χ3v) is 13.2. The molecule has 474 valence electrons. The van der Waals surface area contributed by atoms with Gasteiger partial charge in [-0.3, -0.25) is 72.6 Å². The Balaban J connectivity index is 2.14. The van der Waals surface area contributed by atoms with Gasteiger partial charge in [-0.1, -0.05) is 58.2 Å². The molecule has 22 N–H and O–H groups in total. The van der Waals surface area contributed by atoms with Gasteiger partial charge in [0.1, 0.15) is 48.3 Å². The number of carbonyl (C=O) groups excluding carboxylic acids is 12. The third kappa shape index (κ3) is 25.6. The fraction of sp³-hybridized carbons (Fsp3) is 0.556. The lowest BCUT2D eigenvalue weighted by Gasteiger charge is -2.29. The van der Waals surface area contributed by atoms with Gasteiger partial charge in [-0.15, -0.1) is 0 Å². The standard InChI is InChI=1S/C54H83N17O15/c1-8-20-59-40(74)24-63-48(81)35(15-12-21-60-54(57)58)67-51(84)38(26-72)69-50(83)37(17-19-42(76)77)68-49(82)36(16-18-39(56)73)66-41(75)25-62-45(78)29(6)65-53(86)44(28(5)9-2)71-52(85)43(27(3)4)70-46(79)30(7)64-47(80)33(55)22-31-23-61-34-14-11-10-13-32(31)34/h10-11,13-14,23,27-30,33,35-38,43-44,61,72H,9,12,15-19,21-22,24-26,55H2,1-7H3,(H2,56,73)(H,59,74)(H,62,78)(H,63,81)(H,64,80)(H,65,86)(H,66,75)(H,67,84)(H,68,82)(H,69,83)(H,70,79)(H,71,85)(H,76,77)(H4,57,58,60)/t28-,29-,30-,33-,35-,36-,37-,38-,43-,44-/m0/s1. The van der Waals surface area contributed by atoms with E-state index in [0.29, 0.717) is 6.42 Å². The van der Waals surface area contributed by atoms with Crippen LogP contribution >= 0.6 is 0 Å². The number of fused-ring (bicyclic) bond motifs is 1. The Kier molecular flexibility index (Phi) is 31.3. The third-order valence-electron chi connectivity index (χ3n) is 13.2. The molecule has 0 saturated carbocycles. The molecule has 32 nitrogen and oxygen atoms in total. The summed E-state index contributed by atoms with van der Waals surface area (Å²) in [6.07, 6.45) is -0.0661. The van der Waals surface area contributed by atoms with Gasteiger partial charge in [0, 0.05) is 42.5 Å². The lowest BCUT2D eigenvalue weighted by Crippen LogP contribution is -2.60. The number of aliphatic carboxylic acids is 1. The van der Waals surface area contributed by atoms with Crippen LogP contribution in [0.25, 0.3) is 10.9 Å². The number of nitrogens with one attached hydrogen (secondary N) is 12. The van der Waals surface area contributed by atoms with E-state index < -0.39 is 188 Å². The highest BCUT2D eigenvalue weighted by Gasteiger charge is 2.35. The number of primary amides is 1. The summed E-state index contributed by atoms with van der Waals surface area (Å²) in [6.45, 7) is 8.40. The molecule has 0 bridgehead atoms. The number of nitrogens with zero attached hydrogens (tertiary/aromatic N) is 1. The van der Waals surface area contributed by atoms with Gasteiger partial charge in [0.25, 0.3) is 5.91 Å². The summed E-state index contributed by atoms with van der Waals surface area (Å²) < 4.78 is 0. The van der Waals surface area contributed by atoms with Crippen molar-refractivity contribution in [2.75, 3.05) is 26.2 Å². The predicted octanol–water partition coefficient (Wildman–Crippen LogP) is -5.84. The lowest BCUT2D eigenvalue weighted by atomic mass is 9.96. The number of benzene rings is 1. The van der Waals surface area contributed by atoms with Crippen LogP contribution in [0.4, 0.5) is 0 Å². The number of amides is 12. The first-order chi connectivity index (χ1) is 40.5. The summed E-state index contributed by atoms with van der Waals surface area (Å²) in [7, 11) is 0. The van der Waals surface area contributed by atoms with Gasteiger partial charge in [0.15, 0.2) is 5.96 Å². The molecule has 0 unspecified atom stereocenters. The summed E-state index contributed by atoms with van der Waals surface area (Å²) in [6, 6.07) is -2.82. The number of H-pyrrole nitrogens is 1. The number of rotatable bonds is 37. The van der Waals surface area contributed by atoms with Gasteiger partial charge in [-0.25, -0.2) is 0 Å². The number of para-hydroxylation sites is 1. The smallest absolute Gasteiger partial charge is 0.303 e. The molecule has 32 heteroatoms. The number of hydrogen-bond acceptors (Lipinski definition) is 16. The molecule has 2 rings (SSSR count). The zero-order chi connectivity index (χ0) is 64.8. The average molecular weight is 1210 g/mol. The largest absolute Gasteiger partial charge is 0.481 e. The summed E-state index contributed by atoms with van der Waals surface area (Å²) in [5.41, 5.74) is 23.9. The molecular formula is C54H83N17O15. The molecule has 12 amide bonds. The van der Waals surface area contributed by atoms with Crippen LogP contribution < -0.4 is 81.4 Å². The van der Waals surface area contributed by atoms with E-state index in [1.165, 1.54) is 20.8 Å². The van der Waals surface area contributed by atoms with Crippen molar-refractivity contribution in [1.82, 2.24) is 63.5 Å². The van der Waals surface area contributed by atoms with Crippen molar-refractivity contribution in [1.29, 1.82) is 0 Å². The van der Waals surface area contributed by atoms with E-state index in [1.54, 1.807) is 33.9 Å². The topological polar surface area (TPSA) is 527 Å². The minimum Gasteiger partial charge on any atom is -0.481 e. The normalized spacial score (nSPS) is 14.3. The summed E-state index contributed by atoms with van der Waals surface area (Å²) in [5.74, 6) is -11.1. The Morgan fingerprint density at radius 3 is 1.74 bits per heavy atom. The van der Waals surface area contributed by atoms with Gasteiger partial charge >= 0.3 is 5.97 Å². The first-order valence-corrected chi connectivity index (χ1v) is 27.7. The highest BCUT2D eigenvalue weighted by Crippen LogP contribution is 2.19. The molecule has 0 aliphatic carbocycles. The highest BCUT2D eigenvalue weighted by molar-refractivity contribution is 5.99. The maximum atomic E-state index is 13.8. The van der Waals surface area contributed by atoms with Gasteiger partial charge in [-0.05, 0) is 76.3 Å². The quantitative estimate of drug-likeness (QED) is 0.00985. The highest BCUT2D eigenvalue weighted by atomic mass is 16.4. The van der Waals surface area contributed by atoms with Crippen molar-refractivity contribution < 1.29 is 72.5 Å². The van der Waals surface area contributed by atoms with Crippen molar-refractivity contribution in [2.24, 2.45) is 39.8 Å². The fourth-order valence-electron chi connectivity index (χ4n) is 8.05. The number of aliphatic hydroxyl groups is 1. The number of guanidine groups is 1. The Morgan fingerprint density at radius 1 is 0.616 bits per heavy atom. The van der Waals surface area contributed by atoms with Crippen LogP contribution in [0, 0.1) is 23.8 Å². The molecule has 1 aromatic heterocycles. The first kappa shape index (κ1) is 72.7. The zero-order valence-corrected chi connectivity index (χ0v) is 49.2. The van der Waals surface area contributed by atoms with E-state index in [4.69, 9.17) is 22.9 Å². The molecule has 86 heavy (non-hydrogen) atoms. The van der Waals surface area contributed by atoms with Gasteiger partial charge in [0.2, 0.25) is 65.0 Å². The van der Waals surface area contributed by atoms with Crippen LogP contribution in [-0.2, 0) is 68.7 Å². The summed E-state index contributed by atoms with van der Waals surface area (Å²) in [5, 5.41) is 46.8. The van der Waals surface area contributed by atoms with Gasteiger partial charge in [-0.2, -0.15) is 0 Å². The van der Waals surface area contributed by atoms with E-state index in [0.717, 1.165) is 16.5 Å². The Hall–Kier alpha value is -9.38. The summed E-state index contributed by atoms with van der Waals surface area (Å²) in [4.78, 5) is 177. The fourth-order valence-corrected chi connectivity index (χ4v) is 8.05. The van der Waals surface area contributed by atoms with Crippen LogP contribution in [0.2, 0.25) is 0 Å². The molecular weight excluding hydrogens is 1130 g/mol. The number of aliphatic imine (C=N–C) groups is 1. The number of aromatic nitrogens is 1. The van der Waals surface area contributed by atoms with Gasteiger partial charge < -0.3 is 91.3 Å². The lowest BCUT2D eigenvalue weighted by molar-refractivity contribution is -0.139. The van der Waals surface area contributed by atoms with Crippen molar-refractivity contribution in [3.8, 4) is 12.0 Å². The second kappa shape index (κ2) is 37.0. The minimum atomic E-state index is -1.83. The van der Waals surface area contributed by atoms with Crippen LogP contribution in [-0.4, -0.2) is 179 Å². The average Bonchev–Trinajstić information content (AvgIpc) is 2.88. The van der Waals surface area contributed by atoms with E-state index in [1.807, 2.05) is 24.3 Å². The number of carboxylic acids is 1. The molecule has 0 aliphatic rings. The first-order valence-electron chi connectivity index (χ1n) is 27.7. The molecule has 2 aromatic rings. The monoisotopic (exact) mass is 1210 g/mol. The summed E-state index contributed by atoms with van der Waals surface area (Å²) >= 11 is 0. The molecule has 0 fully saturated rings. The minimum absolute atomic E-state index is 0.0151. The second-order valence-electron chi connectivity index (χ2n) is 20.5. The molecule has 1 aromatic carbocycles. The Morgan fingerprint density at radius 2 is 1.15 bits per heavy atom. The van der Waals surface area contributed by atoms with E-state index in [2.05, 4.69) is 80.4 Å². The van der Waals surface area contributed by atoms with Crippen LogP contribution in [0.5, 0.6) is 0 Å². The van der Waals surface area contributed by atoms with Crippen molar-refractivity contribution >= 4 is 93.7 Å². The maximum Gasteiger partial charge on any atom is 0.303 e. The number of aromatic amines is 1. The number of carboxylic acid groups (broad SMARTS) is 1. The van der Waals surface area contributed by atoms with E-state index in [-0.39, 0.29) is 31.8 Å².